The number of nitrogens with zero attached hydrogens (tertiary/aromatic N) is 4. The molecule has 0 amide bonds. The van der Waals surface area contributed by atoms with Crippen LogP contribution in [-0.4, -0.2) is 46.6 Å². The van der Waals surface area contributed by atoms with E-state index >= 15 is 0 Å². The first kappa shape index (κ1) is 26.9. The van der Waals surface area contributed by atoms with E-state index in [1.54, 1.807) is 23.9 Å². The van der Waals surface area contributed by atoms with Crippen molar-refractivity contribution >= 4 is 41.7 Å². The average Bonchev–Trinajstić information content (AvgIpc) is 3.45. The smallest absolute Gasteiger partial charge is 0.191 e. The number of guanidine groups is 1. The SMILES string of the molecule is CCNC(=NCC1(c2cccc(F)c2)CC1)NCCCc1nnc(SC)n1CC(C)C.I. The van der Waals surface area contributed by atoms with Crippen molar-refractivity contribution in [3.8, 4) is 0 Å². The number of halogens is 2. The van der Waals surface area contributed by atoms with Gasteiger partial charge in [-0.05, 0) is 56.1 Å². The summed E-state index contributed by atoms with van der Waals surface area (Å²) in [4.78, 5) is 4.81. The number of thioether (sulfide) groups is 1. The van der Waals surface area contributed by atoms with E-state index in [0.29, 0.717) is 12.5 Å². The molecule has 0 saturated heterocycles. The van der Waals surface area contributed by atoms with Crippen molar-refractivity contribution in [3.05, 3.63) is 41.5 Å². The summed E-state index contributed by atoms with van der Waals surface area (Å²) < 4.78 is 15.9. The van der Waals surface area contributed by atoms with Gasteiger partial charge in [-0.2, -0.15) is 0 Å². The van der Waals surface area contributed by atoms with E-state index in [2.05, 4.69) is 46.2 Å². The second-order valence-electron chi connectivity index (χ2n) is 8.62. The zero-order chi connectivity index (χ0) is 22.3. The van der Waals surface area contributed by atoms with Gasteiger partial charge in [0.2, 0.25) is 0 Å². The molecule has 3 rings (SSSR count). The van der Waals surface area contributed by atoms with Gasteiger partial charge in [0.1, 0.15) is 11.6 Å². The molecule has 0 atom stereocenters. The van der Waals surface area contributed by atoms with Crippen molar-refractivity contribution in [1.82, 2.24) is 25.4 Å². The molecule has 178 valence electrons. The summed E-state index contributed by atoms with van der Waals surface area (Å²) in [5.74, 6) is 2.25. The van der Waals surface area contributed by atoms with Crippen LogP contribution >= 0.6 is 35.7 Å². The maximum Gasteiger partial charge on any atom is 0.191 e. The summed E-state index contributed by atoms with van der Waals surface area (Å²) in [6.07, 6.45) is 5.98. The minimum atomic E-state index is -0.173. The summed E-state index contributed by atoms with van der Waals surface area (Å²) in [5, 5.41) is 16.5. The lowest BCUT2D eigenvalue weighted by Crippen LogP contribution is -2.38. The highest BCUT2D eigenvalue weighted by atomic mass is 127. The maximum atomic E-state index is 13.6. The molecule has 0 aliphatic heterocycles. The Hall–Kier alpha value is -1.36. The topological polar surface area (TPSA) is 67.1 Å². The number of benzene rings is 1. The van der Waals surface area contributed by atoms with Crippen molar-refractivity contribution in [2.24, 2.45) is 10.9 Å². The van der Waals surface area contributed by atoms with Crippen molar-refractivity contribution in [2.45, 2.75) is 63.6 Å². The summed E-state index contributed by atoms with van der Waals surface area (Å²) >= 11 is 1.64. The lowest BCUT2D eigenvalue weighted by atomic mass is 9.96. The fourth-order valence-corrected chi connectivity index (χ4v) is 4.26. The third kappa shape index (κ3) is 7.33. The van der Waals surface area contributed by atoms with Crippen LogP contribution in [0.2, 0.25) is 0 Å². The summed E-state index contributed by atoms with van der Waals surface area (Å²) in [5.41, 5.74) is 1.05. The van der Waals surface area contributed by atoms with Crippen LogP contribution in [0.3, 0.4) is 0 Å². The molecule has 0 unspecified atom stereocenters. The maximum absolute atomic E-state index is 13.6. The van der Waals surface area contributed by atoms with Gasteiger partial charge in [0.25, 0.3) is 0 Å². The average molecular weight is 575 g/mol. The molecule has 1 aromatic carbocycles. The molecular weight excluding hydrogens is 538 g/mol. The van der Waals surface area contributed by atoms with Crippen molar-refractivity contribution in [3.63, 3.8) is 0 Å². The first-order chi connectivity index (χ1) is 15.0. The van der Waals surface area contributed by atoms with E-state index in [1.807, 2.05) is 12.3 Å². The molecule has 1 aliphatic carbocycles. The molecule has 1 aromatic heterocycles. The van der Waals surface area contributed by atoms with Crippen LogP contribution in [-0.2, 0) is 18.4 Å². The lowest BCUT2D eigenvalue weighted by molar-refractivity contribution is 0.477. The molecular formula is C23H36FIN6S. The van der Waals surface area contributed by atoms with E-state index in [0.717, 1.165) is 67.8 Å². The van der Waals surface area contributed by atoms with Crippen molar-refractivity contribution < 1.29 is 4.39 Å². The molecule has 32 heavy (non-hydrogen) atoms. The van der Waals surface area contributed by atoms with Crippen LogP contribution in [0.1, 0.15) is 51.4 Å². The zero-order valence-corrected chi connectivity index (χ0v) is 22.7. The van der Waals surface area contributed by atoms with Crippen LogP contribution in [0.4, 0.5) is 4.39 Å². The van der Waals surface area contributed by atoms with Crippen LogP contribution in [0.5, 0.6) is 0 Å². The Morgan fingerprint density at radius 1 is 1.28 bits per heavy atom. The standard InChI is InChI=1S/C23H35FN6S.HI/c1-5-25-21(27-16-23(11-12-23)18-8-6-9-19(24)14-18)26-13-7-10-20-28-29-22(31-4)30(20)15-17(2)3;/h6,8-9,14,17H,5,7,10-13,15-16H2,1-4H3,(H2,25,26,27);1H. The van der Waals surface area contributed by atoms with Gasteiger partial charge in [0, 0.05) is 31.5 Å². The number of aliphatic imine (C=N–C) groups is 1. The van der Waals surface area contributed by atoms with E-state index in [-0.39, 0.29) is 35.2 Å². The largest absolute Gasteiger partial charge is 0.357 e. The first-order valence-corrected chi connectivity index (χ1v) is 12.4. The Bertz CT molecular complexity index is 881. The number of rotatable bonds is 11. The fraction of sp³-hybridized carbons (Fsp3) is 0.609. The zero-order valence-electron chi connectivity index (χ0n) is 19.5. The third-order valence-corrected chi connectivity index (χ3v) is 6.24. The molecule has 2 aromatic rings. The molecule has 1 heterocycles. The van der Waals surface area contributed by atoms with Gasteiger partial charge in [0.05, 0.1) is 6.54 Å². The Labute approximate surface area is 212 Å². The minimum absolute atomic E-state index is 0. The predicted molar refractivity (Wildman–Crippen MR) is 142 cm³/mol. The molecule has 0 radical (unpaired) electrons. The van der Waals surface area contributed by atoms with E-state index in [4.69, 9.17) is 4.99 Å². The van der Waals surface area contributed by atoms with Crippen LogP contribution in [0.15, 0.2) is 34.4 Å². The minimum Gasteiger partial charge on any atom is -0.357 e. The highest BCUT2D eigenvalue weighted by Gasteiger charge is 2.44. The Balaban J connectivity index is 0.00000363. The molecule has 9 heteroatoms. The number of aromatic nitrogens is 3. The molecule has 1 fully saturated rings. The van der Waals surface area contributed by atoms with Crippen LogP contribution in [0.25, 0.3) is 0 Å². The second-order valence-corrected chi connectivity index (χ2v) is 9.40. The Morgan fingerprint density at radius 2 is 2.06 bits per heavy atom. The molecule has 1 aliphatic rings. The van der Waals surface area contributed by atoms with Gasteiger partial charge in [-0.1, -0.05) is 37.7 Å². The Kier molecular flexibility index (Phi) is 10.7. The van der Waals surface area contributed by atoms with E-state index in [1.165, 1.54) is 6.07 Å². The van der Waals surface area contributed by atoms with E-state index < -0.39 is 0 Å². The van der Waals surface area contributed by atoms with Gasteiger partial charge in [0.15, 0.2) is 11.1 Å². The van der Waals surface area contributed by atoms with Gasteiger partial charge >= 0.3 is 0 Å². The fourth-order valence-electron chi connectivity index (χ4n) is 3.74. The summed E-state index contributed by atoms with van der Waals surface area (Å²) in [7, 11) is 0. The molecule has 2 N–H and O–H groups in total. The second kappa shape index (κ2) is 12.8. The van der Waals surface area contributed by atoms with Crippen molar-refractivity contribution in [2.75, 3.05) is 25.9 Å². The monoisotopic (exact) mass is 574 g/mol. The highest BCUT2D eigenvalue weighted by molar-refractivity contribution is 14.0. The van der Waals surface area contributed by atoms with Gasteiger partial charge in [-0.3, -0.25) is 4.99 Å². The predicted octanol–water partition coefficient (Wildman–Crippen LogP) is 4.63. The molecule has 1 saturated carbocycles. The van der Waals surface area contributed by atoms with Crippen LogP contribution in [0, 0.1) is 11.7 Å². The van der Waals surface area contributed by atoms with Crippen molar-refractivity contribution in [1.29, 1.82) is 0 Å². The summed E-state index contributed by atoms with van der Waals surface area (Å²) in [6, 6.07) is 6.96. The highest BCUT2D eigenvalue weighted by Crippen LogP contribution is 2.48. The molecule has 0 bridgehead atoms. The van der Waals surface area contributed by atoms with Gasteiger partial charge in [-0.25, -0.2) is 4.39 Å². The normalized spacial score (nSPS) is 14.9. The Morgan fingerprint density at radius 3 is 2.69 bits per heavy atom. The number of hydrogen-bond acceptors (Lipinski definition) is 4. The summed E-state index contributed by atoms with van der Waals surface area (Å²) in [6.45, 7) is 9.72. The first-order valence-electron chi connectivity index (χ1n) is 11.2. The van der Waals surface area contributed by atoms with Gasteiger partial charge < -0.3 is 15.2 Å². The number of nitrogens with one attached hydrogen (secondary N) is 2. The molecule has 6 nitrogen and oxygen atoms in total. The lowest BCUT2D eigenvalue weighted by Gasteiger charge is -2.16. The quantitative estimate of drug-likeness (QED) is 0.135. The number of hydrogen-bond donors (Lipinski definition) is 2. The van der Waals surface area contributed by atoms with Gasteiger partial charge in [-0.15, -0.1) is 34.2 Å². The number of aryl methyl sites for hydroxylation is 1. The third-order valence-electron chi connectivity index (χ3n) is 5.57. The molecule has 0 spiro atoms. The van der Waals surface area contributed by atoms with Crippen LogP contribution < -0.4 is 10.6 Å². The van der Waals surface area contributed by atoms with E-state index in [9.17, 15) is 4.39 Å².